The van der Waals surface area contributed by atoms with E-state index in [9.17, 15) is 13.6 Å². The van der Waals surface area contributed by atoms with Crippen LogP contribution in [-0.4, -0.2) is 22.0 Å². The Labute approximate surface area is 118 Å². The van der Waals surface area contributed by atoms with Crippen LogP contribution in [0.4, 0.5) is 13.8 Å². The van der Waals surface area contributed by atoms with E-state index in [4.69, 9.17) is 5.11 Å². The molecule has 0 atom stereocenters. The minimum absolute atomic E-state index is 0.139. The topological polar surface area (TPSA) is 62.2 Å². The van der Waals surface area contributed by atoms with Crippen LogP contribution in [0, 0.1) is 18.6 Å². The van der Waals surface area contributed by atoms with Gasteiger partial charge in [-0.3, -0.25) is 0 Å². The molecule has 0 unspecified atom stereocenters. The van der Waals surface area contributed by atoms with Crippen LogP contribution in [0.5, 0.6) is 0 Å². The van der Waals surface area contributed by atoms with Crippen molar-refractivity contribution in [2.24, 2.45) is 0 Å². The highest BCUT2D eigenvalue weighted by Crippen LogP contribution is 2.24. The van der Waals surface area contributed by atoms with Crippen molar-refractivity contribution in [2.45, 2.75) is 13.3 Å². The van der Waals surface area contributed by atoms with Crippen molar-refractivity contribution in [3.63, 3.8) is 0 Å². The van der Waals surface area contributed by atoms with Gasteiger partial charge in [0.05, 0.1) is 5.69 Å². The van der Waals surface area contributed by atoms with Gasteiger partial charge >= 0.3 is 5.97 Å². The molecule has 0 aliphatic heterocycles. The second-order valence-corrected chi connectivity index (χ2v) is 5.01. The zero-order valence-corrected chi connectivity index (χ0v) is 11.4. The molecule has 2 rings (SSSR count). The van der Waals surface area contributed by atoms with Crippen molar-refractivity contribution in [3.8, 4) is 0 Å². The number of anilines is 1. The fourth-order valence-electron chi connectivity index (χ4n) is 1.82. The van der Waals surface area contributed by atoms with Crippen LogP contribution in [0.2, 0.25) is 0 Å². The van der Waals surface area contributed by atoms with Crippen LogP contribution >= 0.6 is 11.5 Å². The smallest absolute Gasteiger partial charge is 0.340 e. The standard InChI is InChI=1S/C13H12F2N2O2S/c1-7-11(13(18)19)12(20-17-7)16-3-2-8-4-9(14)6-10(15)5-8/h4-6,16H,2-3H2,1H3,(H,18,19). The number of halogens is 2. The lowest BCUT2D eigenvalue weighted by Gasteiger charge is -2.05. The SMILES string of the molecule is Cc1nsc(NCCc2cc(F)cc(F)c2)c1C(=O)O. The summed E-state index contributed by atoms with van der Waals surface area (Å²) in [5.41, 5.74) is 1.09. The Morgan fingerprint density at radius 3 is 2.60 bits per heavy atom. The van der Waals surface area contributed by atoms with Gasteiger partial charge in [0.25, 0.3) is 0 Å². The first-order valence-corrected chi connectivity index (χ1v) is 6.63. The molecule has 7 heteroatoms. The van der Waals surface area contributed by atoms with Gasteiger partial charge in [-0.15, -0.1) is 0 Å². The molecule has 0 saturated heterocycles. The van der Waals surface area contributed by atoms with E-state index < -0.39 is 17.6 Å². The summed E-state index contributed by atoms with van der Waals surface area (Å²) in [6, 6.07) is 3.31. The summed E-state index contributed by atoms with van der Waals surface area (Å²) < 4.78 is 30.0. The first kappa shape index (κ1) is 14.4. The quantitative estimate of drug-likeness (QED) is 0.890. The van der Waals surface area contributed by atoms with Crippen molar-refractivity contribution in [1.82, 2.24) is 4.37 Å². The van der Waals surface area contributed by atoms with Gasteiger partial charge in [0, 0.05) is 12.6 Å². The molecule has 0 aliphatic carbocycles. The van der Waals surface area contributed by atoms with Crippen molar-refractivity contribution >= 4 is 22.5 Å². The largest absolute Gasteiger partial charge is 0.478 e. The van der Waals surface area contributed by atoms with Gasteiger partial charge in [-0.05, 0) is 42.6 Å². The Morgan fingerprint density at radius 1 is 1.35 bits per heavy atom. The molecule has 0 saturated carbocycles. The maximum absolute atomic E-state index is 13.0. The second kappa shape index (κ2) is 5.96. The molecule has 1 heterocycles. The number of carboxylic acid groups (broad SMARTS) is 1. The molecular formula is C13H12F2N2O2S. The number of aryl methyl sites for hydroxylation is 1. The Bertz CT molecular complexity index is 623. The molecule has 0 radical (unpaired) electrons. The number of aromatic nitrogens is 1. The second-order valence-electron chi connectivity index (χ2n) is 4.23. The van der Waals surface area contributed by atoms with Crippen LogP contribution in [0.3, 0.4) is 0 Å². The van der Waals surface area contributed by atoms with E-state index in [-0.39, 0.29) is 5.56 Å². The Hall–Kier alpha value is -2.02. The van der Waals surface area contributed by atoms with E-state index in [0.29, 0.717) is 29.2 Å². The fraction of sp³-hybridized carbons (Fsp3) is 0.231. The molecule has 4 nitrogen and oxygen atoms in total. The predicted molar refractivity (Wildman–Crippen MR) is 72.4 cm³/mol. The maximum atomic E-state index is 13.0. The van der Waals surface area contributed by atoms with Gasteiger partial charge in [-0.2, -0.15) is 4.37 Å². The molecule has 0 fully saturated rings. The molecule has 0 amide bonds. The highest BCUT2D eigenvalue weighted by Gasteiger charge is 2.16. The minimum atomic E-state index is -1.05. The molecule has 2 aromatic rings. The van der Waals surface area contributed by atoms with Crippen LogP contribution in [0.15, 0.2) is 18.2 Å². The van der Waals surface area contributed by atoms with Crippen LogP contribution in [0.1, 0.15) is 21.6 Å². The number of nitrogens with one attached hydrogen (secondary N) is 1. The summed E-state index contributed by atoms with van der Waals surface area (Å²) in [5.74, 6) is -2.30. The minimum Gasteiger partial charge on any atom is -0.478 e. The third-order valence-electron chi connectivity index (χ3n) is 2.70. The van der Waals surface area contributed by atoms with Crippen molar-refractivity contribution in [2.75, 3.05) is 11.9 Å². The van der Waals surface area contributed by atoms with E-state index in [0.717, 1.165) is 17.6 Å². The fourth-order valence-corrected chi connectivity index (χ4v) is 2.63. The van der Waals surface area contributed by atoms with Crippen molar-refractivity contribution < 1.29 is 18.7 Å². The lowest BCUT2D eigenvalue weighted by atomic mass is 10.1. The number of nitrogens with zero attached hydrogens (tertiary/aromatic N) is 1. The summed E-state index contributed by atoms with van der Waals surface area (Å²) >= 11 is 1.06. The number of rotatable bonds is 5. The summed E-state index contributed by atoms with van der Waals surface area (Å²) in [7, 11) is 0. The number of aromatic carboxylic acids is 1. The van der Waals surface area contributed by atoms with Gasteiger partial charge in [-0.1, -0.05) is 0 Å². The number of benzene rings is 1. The number of hydrogen-bond acceptors (Lipinski definition) is 4. The molecule has 1 aromatic carbocycles. The third kappa shape index (κ3) is 3.30. The van der Waals surface area contributed by atoms with E-state index in [1.165, 1.54) is 12.1 Å². The molecule has 106 valence electrons. The molecule has 20 heavy (non-hydrogen) atoms. The highest BCUT2D eigenvalue weighted by molar-refractivity contribution is 7.10. The average molecular weight is 298 g/mol. The van der Waals surface area contributed by atoms with Gasteiger partial charge in [0.1, 0.15) is 22.2 Å². The van der Waals surface area contributed by atoms with E-state index in [1.807, 2.05) is 0 Å². The third-order valence-corrected chi connectivity index (χ3v) is 3.59. The Balaban J connectivity index is 2.01. The van der Waals surface area contributed by atoms with E-state index in [1.54, 1.807) is 6.92 Å². The van der Waals surface area contributed by atoms with Crippen LogP contribution in [-0.2, 0) is 6.42 Å². The molecule has 1 aromatic heterocycles. The van der Waals surface area contributed by atoms with E-state index in [2.05, 4.69) is 9.69 Å². The molecular weight excluding hydrogens is 286 g/mol. The summed E-state index contributed by atoms with van der Waals surface area (Å²) in [6.07, 6.45) is 0.380. The van der Waals surface area contributed by atoms with Crippen molar-refractivity contribution in [1.29, 1.82) is 0 Å². The molecule has 0 aliphatic rings. The monoisotopic (exact) mass is 298 g/mol. The predicted octanol–water partition coefficient (Wildman–Crippen LogP) is 3.08. The van der Waals surface area contributed by atoms with Gasteiger partial charge in [0.15, 0.2) is 0 Å². The first-order valence-electron chi connectivity index (χ1n) is 5.86. The maximum Gasteiger partial charge on any atom is 0.340 e. The summed E-state index contributed by atoms with van der Waals surface area (Å²) in [6.45, 7) is 1.98. The van der Waals surface area contributed by atoms with Crippen LogP contribution in [0.25, 0.3) is 0 Å². The van der Waals surface area contributed by atoms with Crippen LogP contribution < -0.4 is 5.32 Å². The zero-order chi connectivity index (χ0) is 14.7. The Kier molecular flexibility index (Phi) is 4.29. The van der Waals surface area contributed by atoms with Gasteiger partial charge in [0.2, 0.25) is 0 Å². The molecule has 0 bridgehead atoms. The number of carboxylic acids is 1. The summed E-state index contributed by atoms with van der Waals surface area (Å²) in [4.78, 5) is 11.1. The average Bonchev–Trinajstić information content (AvgIpc) is 2.69. The van der Waals surface area contributed by atoms with Crippen molar-refractivity contribution in [3.05, 3.63) is 46.7 Å². The zero-order valence-electron chi connectivity index (χ0n) is 10.6. The number of carbonyl (C=O) groups is 1. The normalized spacial score (nSPS) is 10.6. The highest BCUT2D eigenvalue weighted by atomic mass is 32.1. The molecule has 2 N–H and O–H groups in total. The van der Waals surface area contributed by atoms with Gasteiger partial charge < -0.3 is 10.4 Å². The van der Waals surface area contributed by atoms with E-state index >= 15 is 0 Å². The first-order chi connectivity index (χ1) is 9.47. The Morgan fingerprint density at radius 2 is 2.00 bits per heavy atom. The lowest BCUT2D eigenvalue weighted by molar-refractivity contribution is 0.0697. The summed E-state index contributed by atoms with van der Waals surface area (Å²) in [5, 5.41) is 12.4. The molecule has 0 spiro atoms. The van der Waals surface area contributed by atoms with Gasteiger partial charge in [-0.25, -0.2) is 13.6 Å². The number of hydrogen-bond donors (Lipinski definition) is 2. The lowest BCUT2D eigenvalue weighted by Crippen LogP contribution is -2.08.